The zero-order valence-electron chi connectivity index (χ0n) is 11.2. The summed E-state index contributed by atoms with van der Waals surface area (Å²) < 4.78 is 25.5. The van der Waals surface area contributed by atoms with E-state index in [9.17, 15) is 8.42 Å². The first kappa shape index (κ1) is 14.8. The Morgan fingerprint density at radius 2 is 1.83 bits per heavy atom. The molecule has 0 aliphatic rings. The zero-order chi connectivity index (χ0) is 13.9. The standard InChI is InChI=1S/C12H21N3O2S/c1-8(2)9(3)15-12-6-5-10(7-11(12)13)18(16,17)14-4/h5-9,14-15H,13H2,1-4H3. The molecule has 1 aromatic carbocycles. The largest absolute Gasteiger partial charge is 0.397 e. The van der Waals surface area contributed by atoms with Crippen LogP contribution in [0.5, 0.6) is 0 Å². The fraction of sp³-hybridized carbons (Fsp3) is 0.500. The van der Waals surface area contributed by atoms with Crippen LogP contribution in [0.1, 0.15) is 20.8 Å². The second-order valence-corrected chi connectivity index (χ2v) is 6.52. The summed E-state index contributed by atoms with van der Waals surface area (Å²) in [6.07, 6.45) is 0. The van der Waals surface area contributed by atoms with Gasteiger partial charge in [0.25, 0.3) is 0 Å². The molecule has 0 saturated heterocycles. The summed E-state index contributed by atoms with van der Waals surface area (Å²) in [5.41, 5.74) is 7.05. The Bertz CT molecular complexity index is 512. The predicted molar refractivity (Wildman–Crippen MR) is 75.0 cm³/mol. The highest BCUT2D eigenvalue weighted by atomic mass is 32.2. The summed E-state index contributed by atoms with van der Waals surface area (Å²) >= 11 is 0. The second-order valence-electron chi connectivity index (χ2n) is 4.63. The van der Waals surface area contributed by atoms with Gasteiger partial charge in [0.1, 0.15) is 0 Å². The van der Waals surface area contributed by atoms with Crippen LogP contribution in [0.4, 0.5) is 11.4 Å². The maximum absolute atomic E-state index is 11.6. The highest BCUT2D eigenvalue weighted by Gasteiger charge is 2.14. The average molecular weight is 271 g/mol. The number of hydrogen-bond acceptors (Lipinski definition) is 4. The molecule has 6 heteroatoms. The summed E-state index contributed by atoms with van der Waals surface area (Å²) in [6.45, 7) is 6.27. The Hall–Kier alpha value is -1.27. The number of sulfonamides is 1. The van der Waals surface area contributed by atoms with Crippen molar-refractivity contribution in [2.45, 2.75) is 31.7 Å². The first-order chi connectivity index (χ1) is 8.27. The van der Waals surface area contributed by atoms with Crippen molar-refractivity contribution in [1.29, 1.82) is 0 Å². The molecule has 4 N–H and O–H groups in total. The summed E-state index contributed by atoms with van der Waals surface area (Å²) in [4.78, 5) is 0.172. The van der Waals surface area contributed by atoms with E-state index in [1.165, 1.54) is 19.2 Å². The first-order valence-electron chi connectivity index (χ1n) is 5.87. The minimum atomic E-state index is -3.44. The summed E-state index contributed by atoms with van der Waals surface area (Å²) in [5.74, 6) is 0.463. The fourth-order valence-corrected chi connectivity index (χ4v) is 2.13. The van der Waals surface area contributed by atoms with E-state index < -0.39 is 10.0 Å². The number of hydrogen-bond donors (Lipinski definition) is 3. The van der Waals surface area contributed by atoms with E-state index in [2.05, 4.69) is 30.8 Å². The van der Waals surface area contributed by atoms with E-state index in [1.54, 1.807) is 6.07 Å². The molecule has 1 rings (SSSR count). The molecule has 18 heavy (non-hydrogen) atoms. The number of nitrogen functional groups attached to an aromatic ring is 1. The number of rotatable bonds is 5. The predicted octanol–water partition coefficient (Wildman–Crippen LogP) is 1.63. The SMILES string of the molecule is CNS(=O)(=O)c1ccc(NC(C)C(C)C)c(N)c1. The molecule has 0 amide bonds. The van der Waals surface area contributed by atoms with Crippen molar-refractivity contribution >= 4 is 21.4 Å². The fourth-order valence-electron chi connectivity index (χ4n) is 1.37. The Morgan fingerprint density at radius 1 is 1.22 bits per heavy atom. The quantitative estimate of drug-likeness (QED) is 0.711. The number of anilines is 2. The monoisotopic (exact) mass is 271 g/mol. The van der Waals surface area contributed by atoms with Crippen molar-refractivity contribution in [3.05, 3.63) is 18.2 Å². The van der Waals surface area contributed by atoms with Gasteiger partial charge in [-0.25, -0.2) is 13.1 Å². The molecule has 5 nitrogen and oxygen atoms in total. The van der Waals surface area contributed by atoms with Crippen LogP contribution in [-0.2, 0) is 10.0 Å². The molecule has 1 atom stereocenters. The highest BCUT2D eigenvalue weighted by molar-refractivity contribution is 7.89. The summed E-state index contributed by atoms with van der Waals surface area (Å²) in [6, 6.07) is 4.95. The van der Waals surface area contributed by atoms with Crippen molar-refractivity contribution in [2.24, 2.45) is 5.92 Å². The topological polar surface area (TPSA) is 84.2 Å². The molecule has 1 aromatic rings. The average Bonchev–Trinajstić information content (AvgIpc) is 2.31. The van der Waals surface area contributed by atoms with Gasteiger partial charge in [-0.15, -0.1) is 0 Å². The van der Waals surface area contributed by atoms with Crippen molar-refractivity contribution < 1.29 is 8.42 Å². The van der Waals surface area contributed by atoms with Crippen molar-refractivity contribution in [3.8, 4) is 0 Å². The lowest BCUT2D eigenvalue weighted by Gasteiger charge is -2.20. The van der Waals surface area contributed by atoms with Gasteiger partial charge in [-0.05, 0) is 38.1 Å². The minimum absolute atomic E-state index is 0.172. The van der Waals surface area contributed by atoms with E-state index in [1.807, 2.05) is 0 Å². The molecule has 0 aromatic heterocycles. The maximum Gasteiger partial charge on any atom is 0.240 e. The van der Waals surface area contributed by atoms with E-state index in [4.69, 9.17) is 5.73 Å². The van der Waals surface area contributed by atoms with Gasteiger partial charge < -0.3 is 11.1 Å². The molecule has 102 valence electrons. The Morgan fingerprint density at radius 3 is 2.28 bits per heavy atom. The maximum atomic E-state index is 11.6. The van der Waals surface area contributed by atoms with E-state index >= 15 is 0 Å². The van der Waals surface area contributed by atoms with Crippen LogP contribution in [0.15, 0.2) is 23.1 Å². The van der Waals surface area contributed by atoms with Gasteiger partial charge >= 0.3 is 0 Å². The van der Waals surface area contributed by atoms with Crippen LogP contribution >= 0.6 is 0 Å². The van der Waals surface area contributed by atoms with Crippen LogP contribution in [0.2, 0.25) is 0 Å². The summed E-state index contributed by atoms with van der Waals surface area (Å²) in [7, 11) is -2.07. The van der Waals surface area contributed by atoms with Crippen LogP contribution in [-0.4, -0.2) is 21.5 Å². The third-order valence-corrected chi connectivity index (χ3v) is 4.40. The molecule has 0 heterocycles. The lowest BCUT2D eigenvalue weighted by Crippen LogP contribution is -2.22. The van der Waals surface area contributed by atoms with Gasteiger partial charge in [0.15, 0.2) is 0 Å². The highest BCUT2D eigenvalue weighted by Crippen LogP contribution is 2.24. The molecule has 0 saturated carbocycles. The molecule has 0 aliphatic carbocycles. The minimum Gasteiger partial charge on any atom is -0.397 e. The molecular weight excluding hydrogens is 250 g/mol. The van der Waals surface area contributed by atoms with Crippen LogP contribution in [0.25, 0.3) is 0 Å². The third kappa shape index (κ3) is 3.36. The van der Waals surface area contributed by atoms with Crippen molar-refractivity contribution in [2.75, 3.05) is 18.1 Å². The Labute approximate surface area is 109 Å². The van der Waals surface area contributed by atoms with Crippen LogP contribution in [0, 0.1) is 5.92 Å². The molecule has 0 radical (unpaired) electrons. The smallest absolute Gasteiger partial charge is 0.240 e. The van der Waals surface area contributed by atoms with E-state index in [0.717, 1.165) is 5.69 Å². The Balaban J connectivity index is 3.01. The lowest BCUT2D eigenvalue weighted by atomic mass is 10.1. The first-order valence-corrected chi connectivity index (χ1v) is 7.36. The molecule has 0 fully saturated rings. The van der Waals surface area contributed by atoms with Gasteiger partial charge in [-0.1, -0.05) is 13.8 Å². The third-order valence-electron chi connectivity index (χ3n) is 2.99. The summed E-state index contributed by atoms with van der Waals surface area (Å²) in [5, 5.41) is 3.27. The van der Waals surface area contributed by atoms with Gasteiger partial charge in [0.2, 0.25) is 10.0 Å². The molecule has 0 spiro atoms. The van der Waals surface area contributed by atoms with Gasteiger partial charge in [0, 0.05) is 6.04 Å². The number of nitrogens with two attached hydrogens (primary N) is 1. The van der Waals surface area contributed by atoms with Crippen LogP contribution in [0.3, 0.4) is 0 Å². The van der Waals surface area contributed by atoms with E-state index in [0.29, 0.717) is 11.6 Å². The van der Waals surface area contributed by atoms with E-state index in [-0.39, 0.29) is 10.9 Å². The van der Waals surface area contributed by atoms with Crippen molar-refractivity contribution in [1.82, 2.24) is 4.72 Å². The van der Waals surface area contributed by atoms with Crippen LogP contribution < -0.4 is 15.8 Å². The second kappa shape index (κ2) is 5.58. The van der Waals surface area contributed by atoms with Gasteiger partial charge in [-0.3, -0.25) is 0 Å². The van der Waals surface area contributed by atoms with Gasteiger partial charge in [0.05, 0.1) is 16.3 Å². The lowest BCUT2D eigenvalue weighted by molar-refractivity contribution is 0.560. The normalized spacial score (nSPS) is 13.6. The Kier molecular flexibility index (Phi) is 4.59. The van der Waals surface area contributed by atoms with Crippen molar-refractivity contribution in [3.63, 3.8) is 0 Å². The molecule has 1 unspecified atom stereocenters. The number of nitrogens with one attached hydrogen (secondary N) is 2. The molecule has 0 aliphatic heterocycles. The zero-order valence-corrected chi connectivity index (χ0v) is 12.0. The van der Waals surface area contributed by atoms with Gasteiger partial charge in [-0.2, -0.15) is 0 Å². The number of benzene rings is 1. The molecule has 0 bridgehead atoms. The molecular formula is C12H21N3O2S.